The Balaban J connectivity index is 1.82. The van der Waals surface area contributed by atoms with Gasteiger partial charge in [0.15, 0.2) is 0 Å². The first-order valence-corrected chi connectivity index (χ1v) is 7.89. The van der Waals surface area contributed by atoms with Crippen molar-refractivity contribution in [2.24, 2.45) is 5.92 Å². The third-order valence-electron chi connectivity index (χ3n) is 4.59. The molecule has 1 saturated heterocycles. The standard InChI is InChI=1S/C18H26FNO2/c1-15-14-20(12-9-18(15,21)10-13-22-2)11-3-4-16-5-7-17(19)8-6-16/h3-8,15,21H,9-14H2,1-2H3/b4-3+/t15-,18-/m1/s1. The largest absolute Gasteiger partial charge is 0.389 e. The van der Waals surface area contributed by atoms with E-state index >= 15 is 0 Å². The van der Waals surface area contributed by atoms with Crippen molar-refractivity contribution in [1.82, 2.24) is 4.90 Å². The average Bonchev–Trinajstić information content (AvgIpc) is 2.51. The van der Waals surface area contributed by atoms with Crippen molar-refractivity contribution in [3.8, 4) is 0 Å². The zero-order valence-corrected chi connectivity index (χ0v) is 13.5. The number of piperidine rings is 1. The maximum absolute atomic E-state index is 12.8. The molecule has 0 saturated carbocycles. The third-order valence-corrected chi connectivity index (χ3v) is 4.59. The lowest BCUT2D eigenvalue weighted by atomic mass is 9.80. The van der Waals surface area contributed by atoms with Gasteiger partial charge in [-0.2, -0.15) is 0 Å². The van der Waals surface area contributed by atoms with E-state index in [-0.39, 0.29) is 11.7 Å². The maximum atomic E-state index is 12.8. The molecule has 1 N–H and O–H groups in total. The van der Waals surface area contributed by atoms with E-state index in [0.717, 1.165) is 31.6 Å². The summed E-state index contributed by atoms with van der Waals surface area (Å²) in [5.41, 5.74) is 0.399. The highest BCUT2D eigenvalue weighted by molar-refractivity contribution is 5.48. The van der Waals surface area contributed by atoms with Gasteiger partial charge in [0, 0.05) is 33.4 Å². The molecule has 1 fully saturated rings. The van der Waals surface area contributed by atoms with Crippen molar-refractivity contribution >= 4 is 6.08 Å². The van der Waals surface area contributed by atoms with E-state index in [0.29, 0.717) is 13.0 Å². The Morgan fingerprint density at radius 1 is 1.41 bits per heavy atom. The quantitative estimate of drug-likeness (QED) is 0.877. The lowest BCUT2D eigenvalue weighted by Crippen LogP contribution is -2.51. The van der Waals surface area contributed by atoms with Crippen LogP contribution in [0.15, 0.2) is 30.3 Å². The SMILES string of the molecule is COCC[C@]1(O)CCN(C/C=C/c2ccc(F)cc2)C[C@H]1C. The summed E-state index contributed by atoms with van der Waals surface area (Å²) in [7, 11) is 1.67. The number of benzene rings is 1. The number of ether oxygens (including phenoxy) is 1. The van der Waals surface area contributed by atoms with Gasteiger partial charge in [0.1, 0.15) is 5.82 Å². The topological polar surface area (TPSA) is 32.7 Å². The molecule has 1 aromatic carbocycles. The minimum atomic E-state index is -0.604. The number of hydrogen-bond acceptors (Lipinski definition) is 3. The molecule has 1 aliphatic rings. The van der Waals surface area contributed by atoms with Crippen LogP contribution in [0, 0.1) is 11.7 Å². The van der Waals surface area contributed by atoms with Crippen LogP contribution in [0.2, 0.25) is 0 Å². The predicted octanol–water partition coefficient (Wildman–Crippen LogP) is 2.95. The highest BCUT2D eigenvalue weighted by Gasteiger charge is 2.37. The van der Waals surface area contributed by atoms with Gasteiger partial charge >= 0.3 is 0 Å². The lowest BCUT2D eigenvalue weighted by Gasteiger charge is -2.43. The molecule has 2 rings (SSSR count). The fourth-order valence-electron chi connectivity index (χ4n) is 2.97. The Bertz CT molecular complexity index is 488. The van der Waals surface area contributed by atoms with E-state index in [1.165, 1.54) is 12.1 Å². The molecular weight excluding hydrogens is 281 g/mol. The number of likely N-dealkylation sites (tertiary alicyclic amines) is 1. The molecule has 0 radical (unpaired) electrons. The van der Waals surface area contributed by atoms with Crippen LogP contribution in [0.4, 0.5) is 4.39 Å². The van der Waals surface area contributed by atoms with Gasteiger partial charge in [-0.3, -0.25) is 4.90 Å². The Hall–Kier alpha value is -1.23. The van der Waals surface area contributed by atoms with Crippen molar-refractivity contribution in [2.45, 2.75) is 25.4 Å². The van der Waals surface area contributed by atoms with Crippen molar-refractivity contribution in [3.63, 3.8) is 0 Å². The fraction of sp³-hybridized carbons (Fsp3) is 0.556. The molecule has 0 amide bonds. The summed E-state index contributed by atoms with van der Waals surface area (Å²) in [6.45, 7) is 5.32. The first-order valence-electron chi connectivity index (χ1n) is 7.89. The molecule has 4 heteroatoms. The Kier molecular flexibility index (Phi) is 6.12. The van der Waals surface area contributed by atoms with Crippen molar-refractivity contribution in [1.29, 1.82) is 0 Å². The summed E-state index contributed by atoms with van der Waals surface area (Å²) in [6, 6.07) is 6.49. The van der Waals surface area contributed by atoms with Gasteiger partial charge in [-0.15, -0.1) is 0 Å². The van der Waals surface area contributed by atoms with Gasteiger partial charge in [0.05, 0.1) is 5.60 Å². The van der Waals surface area contributed by atoms with Crippen LogP contribution in [0.3, 0.4) is 0 Å². The molecule has 1 heterocycles. The maximum Gasteiger partial charge on any atom is 0.123 e. The number of nitrogens with zero attached hydrogens (tertiary/aromatic N) is 1. The molecule has 0 aliphatic carbocycles. The van der Waals surface area contributed by atoms with Crippen LogP contribution >= 0.6 is 0 Å². The third kappa shape index (κ3) is 4.63. The number of hydrogen-bond donors (Lipinski definition) is 1. The Labute approximate surface area is 132 Å². The minimum absolute atomic E-state index is 0.211. The summed E-state index contributed by atoms with van der Waals surface area (Å²) in [5.74, 6) is 0.0213. The zero-order valence-electron chi connectivity index (χ0n) is 13.5. The molecule has 22 heavy (non-hydrogen) atoms. The molecule has 3 nitrogen and oxygen atoms in total. The first kappa shape index (κ1) is 17.1. The van der Waals surface area contributed by atoms with Crippen molar-refractivity contribution in [2.75, 3.05) is 33.4 Å². The molecule has 0 unspecified atom stereocenters. The van der Waals surface area contributed by atoms with Crippen LogP contribution in [0.1, 0.15) is 25.3 Å². The number of rotatable bonds is 6. The second-order valence-electron chi connectivity index (χ2n) is 6.21. The van der Waals surface area contributed by atoms with E-state index in [1.54, 1.807) is 19.2 Å². The van der Waals surface area contributed by atoms with Gasteiger partial charge in [-0.05, 0) is 36.5 Å². The van der Waals surface area contributed by atoms with Crippen molar-refractivity contribution in [3.05, 3.63) is 41.7 Å². The van der Waals surface area contributed by atoms with Gasteiger partial charge < -0.3 is 9.84 Å². The van der Waals surface area contributed by atoms with E-state index in [4.69, 9.17) is 4.74 Å². The Morgan fingerprint density at radius 3 is 2.77 bits per heavy atom. The summed E-state index contributed by atoms with van der Waals surface area (Å²) in [5, 5.41) is 10.7. The van der Waals surface area contributed by atoms with Crippen LogP contribution < -0.4 is 0 Å². The molecule has 0 aromatic heterocycles. The lowest BCUT2D eigenvalue weighted by molar-refractivity contribution is -0.0793. The average molecular weight is 307 g/mol. The molecule has 0 bridgehead atoms. The van der Waals surface area contributed by atoms with E-state index in [2.05, 4.69) is 17.9 Å². The second-order valence-corrected chi connectivity index (χ2v) is 6.21. The molecule has 122 valence electrons. The second kappa shape index (κ2) is 7.86. The summed E-state index contributed by atoms with van der Waals surface area (Å²) >= 11 is 0. The van der Waals surface area contributed by atoms with Gasteiger partial charge in [-0.25, -0.2) is 4.39 Å². The monoisotopic (exact) mass is 307 g/mol. The fourth-order valence-corrected chi connectivity index (χ4v) is 2.97. The Morgan fingerprint density at radius 2 is 2.14 bits per heavy atom. The van der Waals surface area contributed by atoms with E-state index in [1.807, 2.05) is 6.08 Å². The predicted molar refractivity (Wildman–Crippen MR) is 87.1 cm³/mol. The summed E-state index contributed by atoms with van der Waals surface area (Å²) in [6.07, 6.45) is 5.58. The molecule has 1 aromatic rings. The molecule has 1 aliphatic heterocycles. The normalized spacial score (nSPS) is 26.6. The van der Waals surface area contributed by atoms with Gasteiger partial charge in [0.2, 0.25) is 0 Å². The van der Waals surface area contributed by atoms with Crippen LogP contribution in [0.5, 0.6) is 0 Å². The molecule has 0 spiro atoms. The summed E-state index contributed by atoms with van der Waals surface area (Å²) in [4.78, 5) is 2.34. The molecular formula is C18H26FNO2. The highest BCUT2D eigenvalue weighted by atomic mass is 19.1. The smallest absolute Gasteiger partial charge is 0.123 e. The van der Waals surface area contributed by atoms with E-state index < -0.39 is 5.60 Å². The van der Waals surface area contributed by atoms with Crippen LogP contribution in [-0.2, 0) is 4.74 Å². The van der Waals surface area contributed by atoms with Gasteiger partial charge in [-0.1, -0.05) is 31.2 Å². The highest BCUT2D eigenvalue weighted by Crippen LogP contribution is 2.30. The summed E-state index contributed by atoms with van der Waals surface area (Å²) < 4.78 is 17.9. The number of aliphatic hydroxyl groups is 1. The molecule has 2 atom stereocenters. The zero-order chi connectivity index (χ0) is 16.0. The van der Waals surface area contributed by atoms with E-state index in [9.17, 15) is 9.50 Å². The first-order chi connectivity index (χ1) is 10.5. The minimum Gasteiger partial charge on any atom is -0.389 e. The van der Waals surface area contributed by atoms with Crippen LogP contribution in [-0.4, -0.2) is 49.0 Å². The number of methoxy groups -OCH3 is 1. The van der Waals surface area contributed by atoms with Crippen LogP contribution in [0.25, 0.3) is 6.08 Å². The van der Waals surface area contributed by atoms with Crippen molar-refractivity contribution < 1.29 is 14.2 Å². The number of halogens is 1. The van der Waals surface area contributed by atoms with Gasteiger partial charge in [0.25, 0.3) is 0 Å².